The zero-order valence-corrected chi connectivity index (χ0v) is 6.73. The molecular formula is C6H10N2OS. The second-order valence-electron chi connectivity index (χ2n) is 2.25. The highest BCUT2D eigenvalue weighted by Crippen LogP contribution is 2.13. The van der Waals surface area contributed by atoms with E-state index >= 15 is 0 Å². The summed E-state index contributed by atoms with van der Waals surface area (Å²) < 4.78 is 7.31. The standard InChI is InChI=1S/C6H10N2OS/c1-6-4-8(10-5-7)2-3-9-6/h6H,2-4H2,1H3. The fraction of sp³-hybridized carbons (Fsp3) is 0.833. The first-order valence-electron chi connectivity index (χ1n) is 3.25. The third-order valence-electron chi connectivity index (χ3n) is 1.37. The molecule has 1 saturated heterocycles. The van der Waals surface area contributed by atoms with Gasteiger partial charge in [0.25, 0.3) is 0 Å². The number of ether oxygens (including phenoxy) is 1. The van der Waals surface area contributed by atoms with Gasteiger partial charge in [-0.05, 0) is 6.92 Å². The topological polar surface area (TPSA) is 36.3 Å². The molecule has 1 aliphatic rings. The van der Waals surface area contributed by atoms with Crippen LogP contribution in [0, 0.1) is 10.7 Å². The quantitative estimate of drug-likeness (QED) is 0.418. The van der Waals surface area contributed by atoms with Crippen molar-refractivity contribution in [2.24, 2.45) is 0 Å². The summed E-state index contributed by atoms with van der Waals surface area (Å²) in [7, 11) is 0. The molecule has 1 unspecified atom stereocenters. The number of hydrogen-bond donors (Lipinski definition) is 0. The molecule has 10 heavy (non-hydrogen) atoms. The smallest absolute Gasteiger partial charge is 0.150 e. The van der Waals surface area contributed by atoms with Crippen LogP contribution in [0.3, 0.4) is 0 Å². The van der Waals surface area contributed by atoms with Gasteiger partial charge in [0.05, 0.1) is 12.7 Å². The molecule has 3 nitrogen and oxygen atoms in total. The Hall–Kier alpha value is -0.240. The molecule has 0 amide bonds. The molecule has 1 fully saturated rings. The van der Waals surface area contributed by atoms with Crippen molar-refractivity contribution in [2.45, 2.75) is 13.0 Å². The normalized spacial score (nSPS) is 27.8. The summed E-state index contributed by atoms with van der Waals surface area (Å²) in [4.78, 5) is 0. The molecule has 1 heterocycles. The summed E-state index contributed by atoms with van der Waals surface area (Å²) in [5.41, 5.74) is 0. The average molecular weight is 158 g/mol. The van der Waals surface area contributed by atoms with Crippen LogP contribution in [0.1, 0.15) is 6.92 Å². The predicted molar refractivity (Wildman–Crippen MR) is 40.2 cm³/mol. The van der Waals surface area contributed by atoms with Gasteiger partial charge in [0.15, 0.2) is 0 Å². The lowest BCUT2D eigenvalue weighted by Crippen LogP contribution is -2.36. The fourth-order valence-corrected chi connectivity index (χ4v) is 1.49. The number of rotatable bonds is 1. The fourth-order valence-electron chi connectivity index (χ4n) is 0.927. The molecule has 4 heteroatoms. The SMILES string of the molecule is CC1CN(SC#N)CCO1. The lowest BCUT2D eigenvalue weighted by atomic mass is 10.3. The monoisotopic (exact) mass is 158 g/mol. The maximum Gasteiger partial charge on any atom is 0.150 e. The summed E-state index contributed by atoms with van der Waals surface area (Å²) in [5.74, 6) is 0. The molecule has 0 N–H and O–H groups in total. The van der Waals surface area contributed by atoms with Gasteiger partial charge < -0.3 is 4.74 Å². The minimum atomic E-state index is 0.273. The predicted octanol–water partition coefficient (Wildman–Crippen LogP) is 0.836. The van der Waals surface area contributed by atoms with E-state index in [-0.39, 0.29) is 6.10 Å². The summed E-state index contributed by atoms with van der Waals surface area (Å²) in [6.07, 6.45) is 0.273. The maximum atomic E-state index is 8.34. The molecule has 0 saturated carbocycles. The van der Waals surface area contributed by atoms with Crippen LogP contribution in [0.5, 0.6) is 0 Å². The van der Waals surface area contributed by atoms with E-state index in [1.54, 1.807) is 0 Å². The van der Waals surface area contributed by atoms with Gasteiger partial charge in [0.1, 0.15) is 5.40 Å². The summed E-state index contributed by atoms with van der Waals surface area (Å²) >= 11 is 1.21. The van der Waals surface area contributed by atoms with Crippen molar-refractivity contribution in [2.75, 3.05) is 19.7 Å². The first-order chi connectivity index (χ1) is 4.83. The van der Waals surface area contributed by atoms with Crippen molar-refractivity contribution in [3.63, 3.8) is 0 Å². The van der Waals surface area contributed by atoms with E-state index in [1.807, 2.05) is 16.6 Å². The first-order valence-corrected chi connectivity index (χ1v) is 4.03. The van der Waals surface area contributed by atoms with Crippen LogP contribution in [0.4, 0.5) is 0 Å². The number of nitrogens with zero attached hydrogens (tertiary/aromatic N) is 2. The largest absolute Gasteiger partial charge is 0.376 e. The Morgan fingerprint density at radius 2 is 2.60 bits per heavy atom. The second-order valence-corrected chi connectivity index (χ2v) is 3.13. The molecule has 1 rings (SSSR count). The highest BCUT2D eigenvalue weighted by molar-refractivity contribution is 8.01. The Kier molecular flexibility index (Phi) is 3.00. The molecule has 0 aromatic rings. The Bertz CT molecular complexity index is 145. The highest BCUT2D eigenvalue weighted by Gasteiger charge is 2.16. The minimum Gasteiger partial charge on any atom is -0.376 e. The molecule has 1 aliphatic heterocycles. The molecule has 0 aliphatic carbocycles. The van der Waals surface area contributed by atoms with Gasteiger partial charge >= 0.3 is 0 Å². The van der Waals surface area contributed by atoms with Crippen LogP contribution < -0.4 is 0 Å². The van der Waals surface area contributed by atoms with Gasteiger partial charge in [-0.1, -0.05) is 0 Å². The number of morpholine rings is 1. The van der Waals surface area contributed by atoms with E-state index in [0.29, 0.717) is 0 Å². The van der Waals surface area contributed by atoms with Crippen molar-refractivity contribution < 1.29 is 4.74 Å². The van der Waals surface area contributed by atoms with E-state index in [4.69, 9.17) is 10.00 Å². The van der Waals surface area contributed by atoms with Crippen molar-refractivity contribution in [3.05, 3.63) is 0 Å². The molecular weight excluding hydrogens is 148 g/mol. The van der Waals surface area contributed by atoms with E-state index in [2.05, 4.69) is 0 Å². The van der Waals surface area contributed by atoms with Gasteiger partial charge in [0, 0.05) is 25.0 Å². The minimum absolute atomic E-state index is 0.273. The van der Waals surface area contributed by atoms with E-state index < -0.39 is 0 Å². The van der Waals surface area contributed by atoms with Crippen LogP contribution in [-0.2, 0) is 4.74 Å². The zero-order valence-electron chi connectivity index (χ0n) is 5.91. The van der Waals surface area contributed by atoms with Crippen LogP contribution >= 0.6 is 11.9 Å². The Labute approximate surface area is 65.1 Å². The van der Waals surface area contributed by atoms with Crippen LogP contribution in [0.15, 0.2) is 0 Å². The molecule has 1 atom stereocenters. The third kappa shape index (κ3) is 2.18. The van der Waals surface area contributed by atoms with Crippen LogP contribution in [-0.4, -0.2) is 30.1 Å². The molecule has 0 bridgehead atoms. The zero-order chi connectivity index (χ0) is 7.40. The van der Waals surface area contributed by atoms with Crippen LogP contribution in [0.25, 0.3) is 0 Å². The summed E-state index contributed by atoms with van der Waals surface area (Å²) in [6.45, 7) is 4.49. The van der Waals surface area contributed by atoms with Gasteiger partial charge in [-0.15, -0.1) is 0 Å². The van der Waals surface area contributed by atoms with Gasteiger partial charge in [0.2, 0.25) is 0 Å². The molecule has 0 aromatic carbocycles. The summed E-state index contributed by atoms with van der Waals surface area (Å²) in [6, 6.07) is 0. The Morgan fingerprint density at radius 1 is 1.80 bits per heavy atom. The van der Waals surface area contributed by atoms with Crippen molar-refractivity contribution >= 4 is 11.9 Å². The van der Waals surface area contributed by atoms with E-state index in [9.17, 15) is 0 Å². The number of thiocyanates is 1. The second kappa shape index (κ2) is 3.81. The van der Waals surface area contributed by atoms with Crippen molar-refractivity contribution in [1.29, 1.82) is 5.26 Å². The average Bonchev–Trinajstić information content (AvgIpc) is 1.88. The number of hydrogen-bond acceptors (Lipinski definition) is 4. The molecule has 0 radical (unpaired) electrons. The lowest BCUT2D eigenvalue weighted by molar-refractivity contribution is 0.0137. The van der Waals surface area contributed by atoms with Crippen molar-refractivity contribution in [1.82, 2.24) is 4.31 Å². The Balaban J connectivity index is 2.27. The first kappa shape index (κ1) is 7.86. The molecule has 0 spiro atoms. The maximum absolute atomic E-state index is 8.34. The van der Waals surface area contributed by atoms with Gasteiger partial charge in [-0.2, -0.15) is 5.26 Å². The van der Waals surface area contributed by atoms with E-state index in [1.165, 1.54) is 11.9 Å². The lowest BCUT2D eigenvalue weighted by Gasteiger charge is -2.27. The summed E-state index contributed by atoms with van der Waals surface area (Å²) in [5, 5.41) is 10.4. The third-order valence-corrected chi connectivity index (χ3v) is 2.05. The molecule has 0 aromatic heterocycles. The van der Waals surface area contributed by atoms with Gasteiger partial charge in [-0.3, -0.25) is 0 Å². The van der Waals surface area contributed by atoms with Gasteiger partial charge in [-0.25, -0.2) is 4.31 Å². The van der Waals surface area contributed by atoms with E-state index in [0.717, 1.165) is 19.7 Å². The van der Waals surface area contributed by atoms with Crippen LogP contribution in [0.2, 0.25) is 0 Å². The highest BCUT2D eigenvalue weighted by atomic mass is 32.2. The molecule has 56 valence electrons. The van der Waals surface area contributed by atoms with Crippen molar-refractivity contribution in [3.8, 4) is 5.40 Å². The Morgan fingerprint density at radius 3 is 3.20 bits per heavy atom. The number of nitriles is 1.